The number of halogens is 2. The topological polar surface area (TPSA) is 69.6 Å². The highest BCUT2D eigenvalue weighted by Crippen LogP contribution is 2.49. The molecular formula is C15H22F2N2O3. The molecule has 1 heterocycles. The summed E-state index contributed by atoms with van der Waals surface area (Å²) in [6.07, 6.45) is 2.78. The molecule has 1 saturated heterocycles. The number of amides is 2. The second kappa shape index (κ2) is 5.35. The Morgan fingerprint density at radius 1 is 1.32 bits per heavy atom. The summed E-state index contributed by atoms with van der Waals surface area (Å²) < 4.78 is 25.4. The van der Waals surface area contributed by atoms with Gasteiger partial charge in [-0.2, -0.15) is 0 Å². The summed E-state index contributed by atoms with van der Waals surface area (Å²) in [4.78, 5) is 25.3. The van der Waals surface area contributed by atoms with Gasteiger partial charge in [-0.15, -0.1) is 0 Å². The first-order chi connectivity index (χ1) is 10.3. The van der Waals surface area contributed by atoms with Crippen LogP contribution in [0.2, 0.25) is 0 Å². The molecule has 2 saturated carbocycles. The van der Waals surface area contributed by atoms with E-state index in [-0.39, 0.29) is 37.3 Å². The van der Waals surface area contributed by atoms with Crippen LogP contribution in [0.4, 0.5) is 13.6 Å². The van der Waals surface area contributed by atoms with Crippen LogP contribution in [0.25, 0.3) is 0 Å². The fourth-order valence-corrected chi connectivity index (χ4v) is 4.28. The lowest BCUT2D eigenvalue weighted by Gasteiger charge is -2.35. The summed E-state index contributed by atoms with van der Waals surface area (Å²) in [6, 6.07) is -0.263. The fourth-order valence-electron chi connectivity index (χ4n) is 4.28. The van der Waals surface area contributed by atoms with Crippen LogP contribution >= 0.6 is 0 Å². The van der Waals surface area contributed by atoms with Gasteiger partial charge in [-0.25, -0.2) is 13.6 Å². The molecule has 7 heteroatoms. The van der Waals surface area contributed by atoms with E-state index in [9.17, 15) is 23.5 Å². The van der Waals surface area contributed by atoms with Crippen molar-refractivity contribution in [2.45, 2.75) is 44.4 Å². The number of fused-ring (bicyclic) bond motifs is 1. The predicted octanol–water partition coefficient (Wildman–Crippen LogP) is 2.32. The highest BCUT2D eigenvalue weighted by atomic mass is 19.3. The maximum Gasteiger partial charge on any atom is 0.317 e. The zero-order valence-electron chi connectivity index (χ0n) is 12.5. The molecule has 3 aliphatic rings. The van der Waals surface area contributed by atoms with Gasteiger partial charge in [0.05, 0.1) is 5.41 Å². The van der Waals surface area contributed by atoms with E-state index in [0.717, 1.165) is 12.8 Å². The van der Waals surface area contributed by atoms with Gasteiger partial charge in [0, 0.05) is 32.5 Å². The number of rotatable bonds is 4. The Hall–Kier alpha value is -1.40. The quantitative estimate of drug-likeness (QED) is 0.836. The molecule has 0 aromatic heterocycles. The van der Waals surface area contributed by atoms with Crippen molar-refractivity contribution in [1.29, 1.82) is 0 Å². The molecule has 0 aromatic carbocycles. The van der Waals surface area contributed by atoms with Crippen molar-refractivity contribution in [3.63, 3.8) is 0 Å². The molecule has 3 rings (SSSR count). The summed E-state index contributed by atoms with van der Waals surface area (Å²) in [5, 5.41) is 12.2. The zero-order chi connectivity index (χ0) is 16.0. The number of alkyl halides is 2. The van der Waals surface area contributed by atoms with Crippen LogP contribution in [0.5, 0.6) is 0 Å². The maximum absolute atomic E-state index is 12.7. The number of hydrogen-bond acceptors (Lipinski definition) is 2. The number of carbonyl (C=O) groups excluding carboxylic acids is 1. The Morgan fingerprint density at radius 2 is 2.05 bits per heavy atom. The van der Waals surface area contributed by atoms with E-state index < -0.39 is 17.3 Å². The van der Waals surface area contributed by atoms with Crippen LogP contribution in [0, 0.1) is 17.3 Å². The summed E-state index contributed by atoms with van der Waals surface area (Å²) >= 11 is 0. The molecule has 22 heavy (non-hydrogen) atoms. The van der Waals surface area contributed by atoms with Crippen LogP contribution in [0.15, 0.2) is 0 Å². The molecule has 0 bridgehead atoms. The monoisotopic (exact) mass is 316 g/mol. The van der Waals surface area contributed by atoms with Gasteiger partial charge in [-0.05, 0) is 31.1 Å². The van der Waals surface area contributed by atoms with Crippen molar-refractivity contribution in [3.05, 3.63) is 0 Å². The van der Waals surface area contributed by atoms with Crippen LogP contribution in [0.1, 0.15) is 38.5 Å². The lowest BCUT2D eigenvalue weighted by molar-refractivity contribution is -0.149. The van der Waals surface area contributed by atoms with Gasteiger partial charge in [-0.3, -0.25) is 4.79 Å². The van der Waals surface area contributed by atoms with E-state index >= 15 is 0 Å². The minimum atomic E-state index is -2.52. The van der Waals surface area contributed by atoms with E-state index in [0.29, 0.717) is 25.9 Å². The summed E-state index contributed by atoms with van der Waals surface area (Å²) in [5.41, 5.74) is -0.770. The van der Waals surface area contributed by atoms with Gasteiger partial charge in [-0.1, -0.05) is 6.42 Å². The number of urea groups is 1. The standard InChI is InChI=1S/C15H22F2N2O3/c16-15(17)6-10(7-15)3-5-18-13(22)19-8-11-2-1-4-14(11,9-19)12(20)21/h10-11H,1-9H2,(H,18,22)(H,20,21)/t11-,14+/m0/s1. The molecule has 124 valence electrons. The minimum absolute atomic E-state index is 0.0152. The Balaban J connectivity index is 1.45. The highest BCUT2D eigenvalue weighted by molar-refractivity contribution is 5.80. The normalized spacial score (nSPS) is 33.4. The Labute approximate surface area is 128 Å². The molecule has 0 unspecified atom stereocenters. The van der Waals surface area contributed by atoms with Crippen LogP contribution in [-0.2, 0) is 4.79 Å². The van der Waals surface area contributed by atoms with E-state index in [1.165, 1.54) is 0 Å². The Morgan fingerprint density at radius 3 is 2.64 bits per heavy atom. The van der Waals surface area contributed by atoms with Crippen molar-refractivity contribution >= 4 is 12.0 Å². The molecule has 0 aromatic rings. The summed E-state index contributed by atoms with van der Waals surface area (Å²) in [5.74, 6) is -3.30. The number of nitrogens with zero attached hydrogens (tertiary/aromatic N) is 1. The zero-order valence-corrected chi connectivity index (χ0v) is 12.5. The summed E-state index contributed by atoms with van der Waals surface area (Å²) in [6.45, 7) is 1.13. The van der Waals surface area contributed by atoms with Crippen molar-refractivity contribution in [3.8, 4) is 0 Å². The highest BCUT2D eigenvalue weighted by Gasteiger charge is 2.55. The molecule has 2 N–H and O–H groups in total. The second-order valence-electron chi connectivity index (χ2n) is 7.08. The Bertz CT molecular complexity index is 477. The van der Waals surface area contributed by atoms with Gasteiger partial charge in [0.15, 0.2) is 0 Å². The molecule has 3 fully saturated rings. The van der Waals surface area contributed by atoms with Crippen molar-refractivity contribution in [2.24, 2.45) is 17.3 Å². The molecule has 2 atom stereocenters. The molecule has 5 nitrogen and oxygen atoms in total. The average Bonchev–Trinajstić information content (AvgIpc) is 2.93. The number of carbonyl (C=O) groups is 2. The first-order valence-electron chi connectivity index (χ1n) is 7.96. The molecule has 0 radical (unpaired) electrons. The first kappa shape index (κ1) is 15.5. The molecule has 1 aliphatic heterocycles. The van der Waals surface area contributed by atoms with E-state index in [1.54, 1.807) is 4.90 Å². The van der Waals surface area contributed by atoms with E-state index in [2.05, 4.69) is 5.32 Å². The van der Waals surface area contributed by atoms with Gasteiger partial charge in [0.2, 0.25) is 5.92 Å². The van der Waals surface area contributed by atoms with Crippen molar-refractivity contribution < 1.29 is 23.5 Å². The third kappa shape index (κ3) is 2.65. The minimum Gasteiger partial charge on any atom is -0.481 e. The van der Waals surface area contributed by atoms with E-state index in [4.69, 9.17) is 0 Å². The smallest absolute Gasteiger partial charge is 0.317 e. The first-order valence-corrected chi connectivity index (χ1v) is 7.96. The lowest BCUT2D eigenvalue weighted by atomic mass is 9.79. The third-order valence-electron chi connectivity index (χ3n) is 5.59. The fraction of sp³-hybridized carbons (Fsp3) is 0.867. The van der Waals surface area contributed by atoms with Crippen molar-refractivity contribution in [2.75, 3.05) is 19.6 Å². The Kier molecular flexibility index (Phi) is 3.77. The van der Waals surface area contributed by atoms with Crippen LogP contribution in [0.3, 0.4) is 0 Å². The van der Waals surface area contributed by atoms with Gasteiger partial charge in [0.1, 0.15) is 0 Å². The van der Waals surface area contributed by atoms with Gasteiger partial charge < -0.3 is 15.3 Å². The molecule has 0 spiro atoms. The maximum atomic E-state index is 12.7. The van der Waals surface area contributed by atoms with Crippen LogP contribution in [-0.4, -0.2) is 47.6 Å². The van der Waals surface area contributed by atoms with Crippen molar-refractivity contribution in [1.82, 2.24) is 10.2 Å². The molecular weight excluding hydrogens is 294 g/mol. The average molecular weight is 316 g/mol. The molecule has 2 amide bonds. The lowest BCUT2D eigenvalue weighted by Crippen LogP contribution is -2.43. The number of likely N-dealkylation sites (tertiary alicyclic amines) is 1. The molecule has 2 aliphatic carbocycles. The number of carboxylic acids is 1. The number of carboxylic acid groups (broad SMARTS) is 1. The SMILES string of the molecule is O=C(NCCC1CC(F)(F)C1)N1C[C@@H]2CCC[C@@]2(C(=O)O)C1. The third-order valence-corrected chi connectivity index (χ3v) is 5.59. The van der Waals surface area contributed by atoms with E-state index in [1.807, 2.05) is 0 Å². The number of hydrogen-bond donors (Lipinski definition) is 2. The summed E-state index contributed by atoms with van der Waals surface area (Å²) in [7, 11) is 0. The number of nitrogens with one attached hydrogen (secondary N) is 1. The number of aliphatic carboxylic acids is 1. The van der Waals surface area contributed by atoms with Gasteiger partial charge in [0.25, 0.3) is 0 Å². The van der Waals surface area contributed by atoms with Crippen LogP contribution < -0.4 is 5.32 Å². The van der Waals surface area contributed by atoms with Gasteiger partial charge >= 0.3 is 12.0 Å². The largest absolute Gasteiger partial charge is 0.481 e. The second-order valence-corrected chi connectivity index (χ2v) is 7.08. The predicted molar refractivity (Wildman–Crippen MR) is 74.7 cm³/mol.